The highest BCUT2D eigenvalue weighted by Crippen LogP contribution is 2.30. The molecule has 1 rings (SSSR count). The number of aromatic nitrogens is 2. The first-order chi connectivity index (χ1) is 8.30. The minimum absolute atomic E-state index is 0.0663. The van der Waals surface area contributed by atoms with Gasteiger partial charge in [0, 0.05) is 17.4 Å². The number of hydrogen-bond acceptors (Lipinski definition) is 3. The molecule has 0 saturated carbocycles. The molecule has 0 radical (unpaired) electrons. The molecule has 0 aromatic carbocycles. The molecule has 1 aromatic heterocycles. The molecular formula is C15H26N2S. The summed E-state index contributed by atoms with van der Waals surface area (Å²) in [6.07, 6.45) is 4.14. The van der Waals surface area contributed by atoms with Crippen molar-refractivity contribution in [3.8, 4) is 0 Å². The molecule has 0 aliphatic carbocycles. The van der Waals surface area contributed by atoms with Gasteiger partial charge in [-0.2, -0.15) is 0 Å². The fourth-order valence-corrected chi connectivity index (χ4v) is 2.33. The van der Waals surface area contributed by atoms with Crippen LogP contribution in [0.4, 0.5) is 0 Å². The Morgan fingerprint density at radius 2 is 1.78 bits per heavy atom. The largest absolute Gasteiger partial charge is 0.241 e. The van der Waals surface area contributed by atoms with Gasteiger partial charge < -0.3 is 0 Å². The van der Waals surface area contributed by atoms with Crippen LogP contribution in [0.15, 0.2) is 17.3 Å². The molecule has 2 nitrogen and oxygen atoms in total. The van der Waals surface area contributed by atoms with Gasteiger partial charge in [-0.05, 0) is 17.9 Å². The highest BCUT2D eigenvalue weighted by molar-refractivity contribution is 7.99. The summed E-state index contributed by atoms with van der Waals surface area (Å²) in [7, 11) is 0. The summed E-state index contributed by atoms with van der Waals surface area (Å²) in [4.78, 5) is 9.13. The molecule has 0 unspecified atom stereocenters. The summed E-state index contributed by atoms with van der Waals surface area (Å²) >= 11 is 1.84. The van der Waals surface area contributed by atoms with E-state index in [2.05, 4.69) is 46.5 Å². The van der Waals surface area contributed by atoms with Crippen molar-refractivity contribution in [1.29, 1.82) is 0 Å². The van der Waals surface area contributed by atoms with E-state index < -0.39 is 0 Å². The average molecular weight is 266 g/mol. The van der Waals surface area contributed by atoms with Crippen LogP contribution in [0.2, 0.25) is 0 Å². The number of thioether (sulfide) groups is 1. The molecule has 0 bridgehead atoms. The van der Waals surface area contributed by atoms with Crippen LogP contribution >= 0.6 is 11.8 Å². The average Bonchev–Trinajstić information content (AvgIpc) is 2.37. The van der Waals surface area contributed by atoms with Gasteiger partial charge in [0.1, 0.15) is 5.82 Å². The topological polar surface area (TPSA) is 25.8 Å². The fraction of sp³-hybridized carbons (Fsp3) is 0.733. The van der Waals surface area contributed by atoms with Crippen LogP contribution in [-0.4, -0.2) is 15.7 Å². The lowest BCUT2D eigenvalue weighted by atomic mass is 9.89. The predicted molar refractivity (Wildman–Crippen MR) is 80.1 cm³/mol. The van der Waals surface area contributed by atoms with E-state index in [4.69, 9.17) is 4.98 Å². The van der Waals surface area contributed by atoms with Crippen molar-refractivity contribution >= 4 is 11.8 Å². The maximum atomic E-state index is 4.70. The molecule has 18 heavy (non-hydrogen) atoms. The van der Waals surface area contributed by atoms with Gasteiger partial charge in [-0.15, -0.1) is 11.8 Å². The van der Waals surface area contributed by atoms with Gasteiger partial charge in [0.15, 0.2) is 0 Å². The summed E-state index contributed by atoms with van der Waals surface area (Å²) < 4.78 is 0. The number of nitrogens with zero attached hydrogens (tertiary/aromatic N) is 2. The monoisotopic (exact) mass is 266 g/mol. The quantitative estimate of drug-likeness (QED) is 0.551. The zero-order valence-electron chi connectivity index (χ0n) is 12.6. The van der Waals surface area contributed by atoms with Crippen molar-refractivity contribution in [3.63, 3.8) is 0 Å². The summed E-state index contributed by atoms with van der Waals surface area (Å²) in [5, 5.41) is 1.10. The normalized spacial score (nSPS) is 12.8. The molecule has 0 fully saturated rings. The minimum atomic E-state index is 0.0663. The fourth-order valence-electron chi connectivity index (χ4n) is 1.28. The van der Waals surface area contributed by atoms with Crippen molar-refractivity contribution in [2.45, 2.75) is 64.8 Å². The molecule has 0 aliphatic heterocycles. The van der Waals surface area contributed by atoms with Crippen molar-refractivity contribution in [2.75, 3.05) is 5.75 Å². The molecule has 3 heteroatoms. The van der Waals surface area contributed by atoms with E-state index in [0.29, 0.717) is 5.41 Å². The smallest absolute Gasteiger partial charge is 0.135 e. The summed E-state index contributed by atoms with van der Waals surface area (Å²) in [6.45, 7) is 13.4. The van der Waals surface area contributed by atoms with Gasteiger partial charge in [-0.3, -0.25) is 0 Å². The van der Waals surface area contributed by atoms with Crippen LogP contribution < -0.4 is 0 Å². The van der Waals surface area contributed by atoms with Crippen LogP contribution in [0.3, 0.4) is 0 Å². The van der Waals surface area contributed by atoms with Crippen LogP contribution in [0.25, 0.3) is 0 Å². The molecule has 0 spiro atoms. The van der Waals surface area contributed by atoms with E-state index in [1.54, 1.807) is 0 Å². The summed E-state index contributed by atoms with van der Waals surface area (Å²) in [5.74, 6) is 2.07. The molecule has 0 N–H and O–H groups in total. The predicted octanol–water partition coefficient (Wildman–Crippen LogP) is 4.69. The highest BCUT2D eigenvalue weighted by atomic mass is 32.2. The Morgan fingerprint density at radius 3 is 2.33 bits per heavy atom. The van der Waals surface area contributed by atoms with Gasteiger partial charge in [0.2, 0.25) is 0 Å². The van der Waals surface area contributed by atoms with Gasteiger partial charge in [0.05, 0.1) is 5.03 Å². The first kappa shape index (κ1) is 15.5. The van der Waals surface area contributed by atoms with Gasteiger partial charge in [-0.25, -0.2) is 9.97 Å². The second kappa shape index (κ2) is 6.05. The lowest BCUT2D eigenvalue weighted by Crippen LogP contribution is -2.20. The molecule has 0 saturated heterocycles. The minimum Gasteiger partial charge on any atom is -0.241 e. The Balaban J connectivity index is 2.78. The van der Waals surface area contributed by atoms with Gasteiger partial charge in [0.25, 0.3) is 0 Å². The lowest BCUT2D eigenvalue weighted by Gasteiger charge is -2.23. The van der Waals surface area contributed by atoms with E-state index in [9.17, 15) is 0 Å². The van der Waals surface area contributed by atoms with E-state index in [1.807, 2.05) is 24.0 Å². The second-order valence-corrected chi connectivity index (χ2v) is 7.26. The standard InChI is InChI=1S/C15H26N2S/c1-7-14(3,4)11-18-12-9-10-16-13(17-12)15(5,6)8-2/h9-10H,7-8,11H2,1-6H3. The molecule has 0 atom stereocenters. The van der Waals surface area contributed by atoms with Crippen LogP contribution in [0.5, 0.6) is 0 Å². The maximum Gasteiger partial charge on any atom is 0.135 e. The maximum absolute atomic E-state index is 4.70. The van der Waals surface area contributed by atoms with Crippen LogP contribution in [0.1, 0.15) is 60.2 Å². The van der Waals surface area contributed by atoms with Crippen molar-refractivity contribution in [2.24, 2.45) is 5.41 Å². The van der Waals surface area contributed by atoms with E-state index >= 15 is 0 Å². The zero-order chi connectivity index (χ0) is 13.8. The Labute approximate surface area is 116 Å². The van der Waals surface area contributed by atoms with E-state index in [-0.39, 0.29) is 5.41 Å². The second-order valence-electron chi connectivity index (χ2n) is 6.26. The lowest BCUT2D eigenvalue weighted by molar-refractivity contribution is 0.407. The molecule has 1 aromatic rings. The molecule has 0 aliphatic rings. The van der Waals surface area contributed by atoms with Crippen LogP contribution in [0, 0.1) is 5.41 Å². The molecule has 1 heterocycles. The Morgan fingerprint density at radius 1 is 1.11 bits per heavy atom. The Hall–Kier alpha value is -0.570. The third-order valence-electron chi connectivity index (χ3n) is 3.69. The third kappa shape index (κ3) is 4.27. The Kier molecular flexibility index (Phi) is 5.20. The third-order valence-corrected chi connectivity index (χ3v) is 5.14. The first-order valence-corrected chi connectivity index (χ1v) is 7.75. The summed E-state index contributed by atoms with van der Waals surface area (Å²) in [5.41, 5.74) is 0.437. The van der Waals surface area contributed by atoms with Crippen LogP contribution in [-0.2, 0) is 5.41 Å². The van der Waals surface area contributed by atoms with Crippen molar-refractivity contribution in [3.05, 3.63) is 18.1 Å². The Bertz CT molecular complexity index is 386. The van der Waals surface area contributed by atoms with Crippen molar-refractivity contribution < 1.29 is 0 Å². The van der Waals surface area contributed by atoms with Gasteiger partial charge in [-0.1, -0.05) is 48.0 Å². The SMILES string of the molecule is CCC(C)(C)CSc1ccnc(C(C)(C)CC)n1. The van der Waals surface area contributed by atoms with Gasteiger partial charge >= 0.3 is 0 Å². The summed E-state index contributed by atoms with van der Waals surface area (Å²) in [6, 6.07) is 2.02. The zero-order valence-corrected chi connectivity index (χ0v) is 13.4. The molecule has 0 amide bonds. The van der Waals surface area contributed by atoms with Crippen molar-refractivity contribution in [1.82, 2.24) is 9.97 Å². The van der Waals surface area contributed by atoms with E-state index in [0.717, 1.165) is 23.0 Å². The number of hydrogen-bond donors (Lipinski definition) is 0. The number of rotatable bonds is 6. The first-order valence-electron chi connectivity index (χ1n) is 6.77. The highest BCUT2D eigenvalue weighted by Gasteiger charge is 2.22. The van der Waals surface area contributed by atoms with E-state index in [1.165, 1.54) is 6.42 Å². The molecular weight excluding hydrogens is 240 g/mol. The molecule has 102 valence electrons.